The molecule has 0 aromatic carbocycles. The van der Waals surface area contributed by atoms with Crippen molar-refractivity contribution in [3.05, 3.63) is 28.6 Å². The number of ketones is 1. The third-order valence-corrected chi connectivity index (χ3v) is 19.7. The summed E-state index contributed by atoms with van der Waals surface area (Å²) >= 11 is 0. The molecule has 68 heavy (non-hydrogen) atoms. The predicted molar refractivity (Wildman–Crippen MR) is 241 cm³/mol. The average Bonchev–Trinajstić information content (AvgIpc) is 3.80. The molecular formula is C51H71F3N4O10. The van der Waals surface area contributed by atoms with Gasteiger partial charge in [-0.25, -0.2) is 4.79 Å². The Hall–Kier alpha value is -4.28. The van der Waals surface area contributed by atoms with E-state index in [9.17, 15) is 47.0 Å². The van der Waals surface area contributed by atoms with Crippen molar-refractivity contribution >= 4 is 35.6 Å². The molecule has 14 nitrogen and oxygen atoms in total. The minimum Gasteiger partial charge on any atom is -0.481 e. The SMILES string of the molecule is COCCOC(=O)n1nc(C(F)(F)F)cc1C(=O)NC1(C(=O)N[C@@]23CC[C@]4(C)[C@H](CC[C@@H]5[C@@]6(C)CC[C@H](OC(=O)[C@H]7C[C@@H](C(=O)O)C7(C)C)C(C)(C)[C@@H]6CC[C@]54C)C2=C(C(C)C)C(=O)C3)CCC1. The van der Waals surface area contributed by atoms with E-state index in [1.165, 1.54) is 7.11 Å². The zero-order valence-electron chi connectivity index (χ0n) is 41.4. The number of methoxy groups -OCH3 is 1. The Balaban J connectivity index is 1.04. The molecule has 1 heterocycles. The molecule has 17 heteroatoms. The van der Waals surface area contributed by atoms with E-state index in [1.54, 1.807) is 0 Å². The number of rotatable bonds is 11. The van der Waals surface area contributed by atoms with Crippen molar-refractivity contribution in [1.82, 2.24) is 20.4 Å². The lowest BCUT2D eigenvalue weighted by Gasteiger charge is -2.72. The molecule has 1 aromatic rings. The molecule has 7 aliphatic rings. The summed E-state index contributed by atoms with van der Waals surface area (Å²) in [5.74, 6) is -3.40. The topological polar surface area (TPSA) is 192 Å². The van der Waals surface area contributed by atoms with Crippen LogP contribution in [0, 0.1) is 62.6 Å². The van der Waals surface area contributed by atoms with E-state index in [0.29, 0.717) is 31.2 Å². The summed E-state index contributed by atoms with van der Waals surface area (Å²) in [6.07, 6.45) is 1.13. The van der Waals surface area contributed by atoms with Crippen LogP contribution in [0.1, 0.15) is 162 Å². The molecule has 10 atom stereocenters. The Labute approximate surface area is 397 Å². The number of allylic oxidation sites excluding steroid dienone is 1. The van der Waals surface area contributed by atoms with Gasteiger partial charge in [0.05, 0.1) is 24.0 Å². The number of fused-ring (bicyclic) bond motifs is 7. The third kappa shape index (κ3) is 7.45. The van der Waals surface area contributed by atoms with Crippen LogP contribution in [0.2, 0.25) is 0 Å². The number of carbonyl (C=O) groups is 6. The van der Waals surface area contributed by atoms with Gasteiger partial charge in [0.25, 0.3) is 5.91 Å². The Kier molecular flexibility index (Phi) is 12.3. The van der Waals surface area contributed by atoms with Crippen LogP contribution in [-0.2, 0) is 39.6 Å². The molecule has 0 spiro atoms. The van der Waals surface area contributed by atoms with E-state index in [0.717, 1.165) is 49.7 Å². The van der Waals surface area contributed by atoms with Crippen molar-refractivity contribution < 1.29 is 61.3 Å². The second-order valence-electron chi connectivity index (χ2n) is 23.8. The third-order valence-electron chi connectivity index (χ3n) is 19.7. The first kappa shape index (κ1) is 50.1. The number of carboxylic acids is 1. The molecule has 8 rings (SSSR count). The molecule has 0 unspecified atom stereocenters. The van der Waals surface area contributed by atoms with E-state index < -0.39 is 69.8 Å². The number of esters is 1. The lowest BCUT2D eigenvalue weighted by Crippen LogP contribution is -2.70. The smallest absolute Gasteiger partial charge is 0.435 e. The number of carbonyl (C=O) groups excluding carboxylic acids is 5. The molecule has 6 fully saturated rings. The minimum absolute atomic E-state index is 0.0110. The monoisotopic (exact) mass is 957 g/mol. The fourth-order valence-corrected chi connectivity index (χ4v) is 15.6. The van der Waals surface area contributed by atoms with Crippen molar-refractivity contribution in [3.8, 4) is 0 Å². The number of ether oxygens (including phenoxy) is 3. The Bertz CT molecular complexity index is 2320. The van der Waals surface area contributed by atoms with Crippen LogP contribution in [0.4, 0.5) is 18.0 Å². The Morgan fingerprint density at radius 3 is 2.13 bits per heavy atom. The van der Waals surface area contributed by atoms with Crippen molar-refractivity contribution in [2.75, 3.05) is 20.3 Å². The predicted octanol–water partition coefficient (Wildman–Crippen LogP) is 8.69. The molecule has 2 amide bonds. The van der Waals surface area contributed by atoms with E-state index >= 15 is 0 Å². The van der Waals surface area contributed by atoms with Crippen molar-refractivity contribution in [2.45, 2.75) is 169 Å². The summed E-state index contributed by atoms with van der Waals surface area (Å²) in [4.78, 5) is 81.6. The van der Waals surface area contributed by atoms with E-state index in [-0.39, 0.29) is 101 Å². The van der Waals surface area contributed by atoms with Crippen LogP contribution >= 0.6 is 0 Å². The molecular weight excluding hydrogens is 886 g/mol. The van der Waals surface area contributed by atoms with E-state index in [2.05, 4.69) is 50.4 Å². The number of Topliss-reactive ketones (excluding diaryl/α,β-unsaturated/α-hetero) is 1. The van der Waals surface area contributed by atoms with Gasteiger partial charge in [-0.2, -0.15) is 23.0 Å². The standard InChI is InChI=1S/C51H71F3N4O10/c1-27(2)37-32(59)26-50(56-42(64)49(16-11-17-49)55-39(60)31-25-35(51(52,53)54)57-58(31)43(65)67-23-22-66-10)21-20-47(8)28(38(37)50)12-13-34-46(7)18-15-36(45(5,6)33(46)14-19-48(34,47)9)68-41(63)30-24-29(40(61)62)44(30,3)4/h25,27-30,33-34,36H,11-24,26H2,1-10H3,(H,55,60)(H,56,64)(H,61,62)/t28-,29+,30-,33+,34-,36+,46+,47-,48-,50-/m1/s1. The average molecular weight is 957 g/mol. The van der Waals surface area contributed by atoms with Gasteiger partial charge in [0.1, 0.15) is 23.9 Å². The number of amides is 2. The van der Waals surface area contributed by atoms with Crippen LogP contribution in [-0.4, -0.2) is 88.0 Å². The van der Waals surface area contributed by atoms with Crippen LogP contribution in [0.3, 0.4) is 0 Å². The van der Waals surface area contributed by atoms with Gasteiger partial charge in [-0.15, -0.1) is 0 Å². The van der Waals surface area contributed by atoms with E-state index in [4.69, 9.17) is 14.2 Å². The molecule has 3 N–H and O–H groups in total. The largest absolute Gasteiger partial charge is 0.481 e. The summed E-state index contributed by atoms with van der Waals surface area (Å²) in [5.41, 5.74) is -4.49. The second-order valence-corrected chi connectivity index (χ2v) is 23.8. The van der Waals surface area contributed by atoms with Crippen molar-refractivity contribution in [2.24, 2.45) is 62.6 Å². The fourth-order valence-electron chi connectivity index (χ4n) is 15.6. The van der Waals surface area contributed by atoms with Gasteiger partial charge in [-0.1, -0.05) is 62.3 Å². The maximum Gasteiger partial charge on any atom is 0.435 e. The van der Waals surface area contributed by atoms with Gasteiger partial charge in [0.2, 0.25) is 5.91 Å². The van der Waals surface area contributed by atoms with Gasteiger partial charge >= 0.3 is 24.2 Å². The second kappa shape index (κ2) is 16.7. The van der Waals surface area contributed by atoms with Crippen molar-refractivity contribution in [1.29, 1.82) is 0 Å². The Morgan fingerprint density at radius 1 is 0.853 bits per heavy atom. The summed E-state index contributed by atoms with van der Waals surface area (Å²) < 4.78 is 58.2. The Morgan fingerprint density at radius 2 is 1.54 bits per heavy atom. The highest BCUT2D eigenvalue weighted by atomic mass is 19.4. The summed E-state index contributed by atoms with van der Waals surface area (Å²) in [6.45, 7) is 19.1. The van der Waals surface area contributed by atoms with Gasteiger partial charge in [-0.05, 0) is 134 Å². The maximum absolute atomic E-state index is 14.9. The molecule has 1 aromatic heterocycles. The lowest BCUT2D eigenvalue weighted by atomic mass is 9.33. The van der Waals surface area contributed by atoms with Gasteiger partial charge in [0, 0.05) is 25.0 Å². The quantitative estimate of drug-likeness (QED) is 0.142. The molecule has 0 saturated heterocycles. The molecule has 0 radical (unpaired) electrons. The van der Waals surface area contributed by atoms with Gasteiger partial charge < -0.3 is 30.0 Å². The van der Waals surface area contributed by atoms with Crippen LogP contribution < -0.4 is 10.6 Å². The number of alkyl halides is 3. The highest BCUT2D eigenvalue weighted by Crippen LogP contribution is 2.76. The van der Waals surface area contributed by atoms with Crippen LogP contribution in [0.5, 0.6) is 0 Å². The number of nitrogens with one attached hydrogen (secondary N) is 2. The number of aromatic nitrogens is 2. The lowest BCUT2D eigenvalue weighted by molar-refractivity contribution is -0.235. The van der Waals surface area contributed by atoms with Gasteiger partial charge in [-0.3, -0.25) is 24.0 Å². The number of aliphatic carboxylic acids is 1. The molecule has 7 aliphatic carbocycles. The van der Waals surface area contributed by atoms with Crippen LogP contribution in [0.25, 0.3) is 0 Å². The number of halogens is 3. The van der Waals surface area contributed by atoms with Crippen LogP contribution in [0.15, 0.2) is 17.2 Å². The number of hydrogen-bond donors (Lipinski definition) is 3. The first-order chi connectivity index (χ1) is 31.5. The summed E-state index contributed by atoms with van der Waals surface area (Å²) in [5, 5.41) is 19.1. The molecule has 0 aliphatic heterocycles. The number of carboxylic acid groups (broad SMARTS) is 1. The normalized spacial score (nSPS) is 36.5. The first-order valence-electron chi connectivity index (χ1n) is 24.7. The summed E-state index contributed by atoms with van der Waals surface area (Å²) in [7, 11) is 1.35. The van der Waals surface area contributed by atoms with Gasteiger partial charge in [0.15, 0.2) is 11.5 Å². The fraction of sp³-hybridized carbons (Fsp3) is 0.784. The highest BCUT2D eigenvalue weighted by molar-refractivity contribution is 6.04. The molecule has 6 saturated carbocycles. The number of nitrogens with zero attached hydrogens (tertiary/aromatic N) is 2. The zero-order valence-corrected chi connectivity index (χ0v) is 41.4. The summed E-state index contributed by atoms with van der Waals surface area (Å²) in [6, 6.07) is 0.464. The minimum atomic E-state index is -4.98. The zero-order chi connectivity index (χ0) is 49.9. The molecule has 376 valence electrons. The first-order valence-corrected chi connectivity index (χ1v) is 24.7. The maximum atomic E-state index is 14.9. The van der Waals surface area contributed by atoms with Crippen molar-refractivity contribution in [3.63, 3.8) is 0 Å². The highest BCUT2D eigenvalue weighted by Gasteiger charge is 2.71. The number of hydrogen-bond acceptors (Lipinski definition) is 10. The molecule has 0 bridgehead atoms. The van der Waals surface area contributed by atoms with E-state index in [1.807, 2.05) is 27.7 Å².